The van der Waals surface area contributed by atoms with Gasteiger partial charge in [-0.2, -0.15) is 5.26 Å². The number of carbonyl (C=O) groups is 2. The maximum absolute atomic E-state index is 14.2. The molecule has 0 atom stereocenters. The third-order valence-electron chi connectivity index (χ3n) is 3.44. The third kappa shape index (κ3) is 6.83. The summed E-state index contributed by atoms with van der Waals surface area (Å²) in [5.74, 6) is -1.32. The average Bonchev–Trinajstić information content (AvgIpc) is 2.81. The molecule has 1 aliphatic carbocycles. The van der Waals surface area contributed by atoms with E-state index < -0.39 is 11.6 Å². The Morgan fingerprint density at radius 3 is 2.61 bits per heavy atom. The van der Waals surface area contributed by atoms with Gasteiger partial charge >= 0.3 is 0 Å². The lowest BCUT2D eigenvalue weighted by molar-refractivity contribution is -0.118. The van der Waals surface area contributed by atoms with Gasteiger partial charge in [0.15, 0.2) is 0 Å². The molecule has 0 aliphatic heterocycles. The summed E-state index contributed by atoms with van der Waals surface area (Å²) >= 11 is 2.03. The predicted octanol–water partition coefficient (Wildman–Crippen LogP) is 4.28. The average molecular weight is 516 g/mol. The number of carbonyl (C=O) groups excluding carboxylic acids is 2. The van der Waals surface area contributed by atoms with Crippen molar-refractivity contribution in [2.45, 2.75) is 26.7 Å². The van der Waals surface area contributed by atoms with Gasteiger partial charge in [-0.1, -0.05) is 19.1 Å². The number of allylic oxidation sites excluding steroid dienone is 6. The number of hydrogen-bond donors (Lipinski definition) is 1. The highest BCUT2D eigenvalue weighted by Crippen LogP contribution is 2.33. The molecule has 0 spiro atoms. The van der Waals surface area contributed by atoms with E-state index in [0.717, 1.165) is 0 Å². The number of nitriles is 1. The van der Waals surface area contributed by atoms with Gasteiger partial charge in [0.05, 0.1) is 11.4 Å². The lowest BCUT2D eigenvalue weighted by Crippen LogP contribution is -2.22. The molecular weight excluding hydrogens is 494 g/mol. The van der Waals surface area contributed by atoms with Crippen molar-refractivity contribution in [2.75, 3.05) is 14.1 Å². The van der Waals surface area contributed by atoms with Crippen LogP contribution in [0.1, 0.15) is 26.7 Å². The minimum absolute atomic E-state index is 0.00147. The zero-order valence-electron chi connectivity index (χ0n) is 16.1. The van der Waals surface area contributed by atoms with Crippen LogP contribution in [0.2, 0.25) is 0 Å². The van der Waals surface area contributed by atoms with Gasteiger partial charge in [0.1, 0.15) is 17.5 Å². The first-order valence-electron chi connectivity index (χ1n) is 8.41. The number of rotatable bonds is 8. The van der Waals surface area contributed by atoms with Gasteiger partial charge < -0.3 is 10.2 Å². The molecule has 0 radical (unpaired) electrons. The van der Waals surface area contributed by atoms with E-state index in [1.165, 1.54) is 34.4 Å². The molecule has 0 aromatic rings. The van der Waals surface area contributed by atoms with E-state index in [1.807, 2.05) is 34.2 Å². The van der Waals surface area contributed by atoms with Crippen LogP contribution in [0.15, 0.2) is 59.0 Å². The highest BCUT2D eigenvalue weighted by Gasteiger charge is 2.24. The molecule has 0 bridgehead atoms. The summed E-state index contributed by atoms with van der Waals surface area (Å²) < 4.78 is 15.9. The standard InChI is InChI=1S/C19H22FIN4O2S/c1-5-6-18(19(27)14(11-22)12-24(3)4)25(28-21)15-7-9-16(20)17(10-8-15)23-13(2)26/h6-9,12H,5,10H2,1-4H3,(H,23,26)/b14-12+,18-6?. The molecular formula is C19H22FIN4O2S. The Hall–Kier alpha value is -2.06. The molecule has 0 heterocycles. The summed E-state index contributed by atoms with van der Waals surface area (Å²) in [4.78, 5) is 25.8. The SMILES string of the molecule is CCC=C(C(=O)/C(C#N)=C/N(C)C)N(SI)C1=CCC(NC(C)=O)=C(F)C=C1. The van der Waals surface area contributed by atoms with Crippen molar-refractivity contribution in [2.24, 2.45) is 0 Å². The summed E-state index contributed by atoms with van der Waals surface area (Å²) in [6.45, 7) is 3.20. The lowest BCUT2D eigenvalue weighted by Gasteiger charge is -2.24. The van der Waals surface area contributed by atoms with E-state index in [9.17, 15) is 19.2 Å². The smallest absolute Gasteiger partial charge is 0.221 e. The molecule has 1 rings (SSSR count). The van der Waals surface area contributed by atoms with Gasteiger partial charge in [0.2, 0.25) is 11.7 Å². The van der Waals surface area contributed by atoms with E-state index in [2.05, 4.69) is 5.32 Å². The van der Waals surface area contributed by atoms with Gasteiger partial charge in [-0.3, -0.25) is 13.9 Å². The Kier molecular flexibility index (Phi) is 10.0. The molecule has 0 fully saturated rings. The van der Waals surface area contributed by atoms with E-state index in [1.54, 1.807) is 35.5 Å². The van der Waals surface area contributed by atoms with Crippen LogP contribution in [0, 0.1) is 11.3 Å². The van der Waals surface area contributed by atoms with Crippen LogP contribution >= 0.6 is 30.3 Å². The Morgan fingerprint density at radius 1 is 1.43 bits per heavy atom. The molecule has 0 saturated heterocycles. The first-order valence-corrected chi connectivity index (χ1v) is 11.7. The van der Waals surface area contributed by atoms with E-state index >= 15 is 0 Å². The van der Waals surface area contributed by atoms with Gasteiger partial charge in [-0.15, -0.1) is 0 Å². The number of hydrogen-bond acceptors (Lipinski definition) is 6. The van der Waals surface area contributed by atoms with Crippen molar-refractivity contribution in [1.82, 2.24) is 14.5 Å². The summed E-state index contributed by atoms with van der Waals surface area (Å²) in [5, 5.41) is 11.9. The van der Waals surface area contributed by atoms with Crippen LogP contribution in [0.4, 0.5) is 4.39 Å². The van der Waals surface area contributed by atoms with Crippen LogP contribution in [0.25, 0.3) is 0 Å². The van der Waals surface area contributed by atoms with Crippen molar-refractivity contribution in [3.63, 3.8) is 0 Å². The molecule has 150 valence electrons. The van der Waals surface area contributed by atoms with Gasteiger partial charge in [0, 0.05) is 69.7 Å². The molecule has 0 saturated carbocycles. The summed E-state index contributed by atoms with van der Waals surface area (Å²) in [6, 6.07) is 1.94. The predicted molar refractivity (Wildman–Crippen MR) is 118 cm³/mol. The topological polar surface area (TPSA) is 76.4 Å². The number of amides is 1. The first kappa shape index (κ1) is 24.0. The molecule has 6 nitrogen and oxygen atoms in total. The van der Waals surface area contributed by atoms with Gasteiger partial charge in [0.25, 0.3) is 0 Å². The Balaban J connectivity index is 3.29. The number of nitrogens with one attached hydrogen (secondary N) is 1. The van der Waals surface area contributed by atoms with Crippen LogP contribution in [-0.4, -0.2) is 35.0 Å². The lowest BCUT2D eigenvalue weighted by atomic mass is 10.1. The van der Waals surface area contributed by atoms with Crippen molar-refractivity contribution in [3.05, 3.63) is 59.0 Å². The second-order valence-electron chi connectivity index (χ2n) is 5.98. The normalized spacial score (nSPS) is 14.8. The highest BCUT2D eigenvalue weighted by molar-refractivity contribution is 14.2. The Bertz CT molecular complexity index is 822. The maximum Gasteiger partial charge on any atom is 0.221 e. The quantitative estimate of drug-likeness (QED) is 0.225. The van der Waals surface area contributed by atoms with Crippen molar-refractivity contribution < 1.29 is 14.0 Å². The zero-order valence-corrected chi connectivity index (χ0v) is 19.1. The highest BCUT2D eigenvalue weighted by atomic mass is 127. The second-order valence-corrected chi connectivity index (χ2v) is 7.67. The maximum atomic E-state index is 14.2. The zero-order chi connectivity index (χ0) is 21.3. The molecule has 1 amide bonds. The van der Waals surface area contributed by atoms with Crippen molar-refractivity contribution >= 4 is 42.0 Å². The van der Waals surface area contributed by atoms with Gasteiger partial charge in [-0.25, -0.2) is 4.39 Å². The summed E-state index contributed by atoms with van der Waals surface area (Å²) in [6.07, 6.45) is 8.44. The molecule has 0 aromatic carbocycles. The molecule has 9 heteroatoms. The number of Topliss-reactive ketones (excluding diaryl/α,β-unsaturated/α-hetero) is 1. The Labute approximate surface area is 181 Å². The second kappa shape index (κ2) is 11.7. The molecule has 1 N–H and O–H groups in total. The van der Waals surface area contributed by atoms with E-state index in [0.29, 0.717) is 17.8 Å². The monoisotopic (exact) mass is 516 g/mol. The minimum Gasteiger partial charge on any atom is -0.382 e. The number of halogens is 2. The number of ketones is 1. The largest absolute Gasteiger partial charge is 0.382 e. The van der Waals surface area contributed by atoms with Crippen LogP contribution in [-0.2, 0) is 9.59 Å². The fourth-order valence-electron chi connectivity index (χ4n) is 2.32. The molecule has 0 aromatic heterocycles. The van der Waals surface area contributed by atoms with E-state index in [-0.39, 0.29) is 23.6 Å². The third-order valence-corrected chi connectivity index (χ3v) is 5.16. The van der Waals surface area contributed by atoms with Crippen LogP contribution in [0.5, 0.6) is 0 Å². The van der Waals surface area contributed by atoms with Gasteiger partial charge in [-0.05, 0) is 18.6 Å². The molecule has 0 unspecified atom stereocenters. The van der Waals surface area contributed by atoms with Crippen LogP contribution < -0.4 is 5.32 Å². The summed E-state index contributed by atoms with van der Waals surface area (Å²) in [5.41, 5.74) is 1.05. The summed E-state index contributed by atoms with van der Waals surface area (Å²) in [7, 11) is 4.70. The van der Waals surface area contributed by atoms with Crippen molar-refractivity contribution in [1.29, 1.82) is 5.26 Å². The van der Waals surface area contributed by atoms with E-state index in [4.69, 9.17) is 0 Å². The molecule has 28 heavy (non-hydrogen) atoms. The first-order chi connectivity index (χ1) is 13.2. The molecule has 1 aliphatic rings. The fourth-order valence-corrected chi connectivity index (χ4v) is 4.08. The number of nitrogens with zero attached hydrogens (tertiary/aromatic N) is 3. The van der Waals surface area contributed by atoms with Crippen molar-refractivity contribution in [3.8, 4) is 6.07 Å². The fraction of sp³-hybridized carbons (Fsp3) is 0.316. The Morgan fingerprint density at radius 2 is 2.11 bits per heavy atom. The van der Waals surface area contributed by atoms with Crippen LogP contribution in [0.3, 0.4) is 0 Å². The minimum atomic E-state index is -0.544.